The summed E-state index contributed by atoms with van der Waals surface area (Å²) in [5.74, 6) is -0.254. The first-order valence-electron chi connectivity index (χ1n) is 6.18. The monoisotopic (exact) mass is 237 g/mol. The largest absolute Gasteiger partial charge is 0.309 e. The van der Waals surface area contributed by atoms with Gasteiger partial charge in [-0.1, -0.05) is 6.92 Å². The van der Waals surface area contributed by atoms with Gasteiger partial charge in [-0.15, -0.1) is 0 Å². The second-order valence-electron chi connectivity index (χ2n) is 5.06. The lowest BCUT2D eigenvalue weighted by atomic mass is 9.95. The number of hydrogen-bond donors (Lipinski definition) is 1. The highest BCUT2D eigenvalue weighted by atomic mass is 19.1. The number of piperazine rings is 1. The minimum absolute atomic E-state index is 0.180. The van der Waals surface area contributed by atoms with Crippen LogP contribution in [0.4, 0.5) is 4.39 Å². The van der Waals surface area contributed by atoms with E-state index >= 15 is 0 Å². The first-order chi connectivity index (χ1) is 8.11. The summed E-state index contributed by atoms with van der Waals surface area (Å²) in [6, 6.07) is 1.57. The number of nitrogens with one attached hydrogen (secondary N) is 1. The summed E-state index contributed by atoms with van der Waals surface area (Å²) in [4.78, 5) is 6.25. The molecule has 1 saturated heterocycles. The molecule has 1 atom stereocenters. The zero-order chi connectivity index (χ0) is 12.3. The van der Waals surface area contributed by atoms with Crippen LogP contribution in [-0.4, -0.2) is 35.1 Å². The van der Waals surface area contributed by atoms with E-state index in [1.165, 1.54) is 6.20 Å². The summed E-state index contributed by atoms with van der Waals surface area (Å²) in [6.07, 6.45) is 4.09. The predicted octanol–water partition coefficient (Wildman–Crippen LogP) is 1.79. The second kappa shape index (κ2) is 5.10. The van der Waals surface area contributed by atoms with E-state index in [1.54, 1.807) is 12.3 Å². The van der Waals surface area contributed by atoms with Gasteiger partial charge in [0.05, 0.1) is 6.20 Å². The Morgan fingerprint density at radius 3 is 3.06 bits per heavy atom. The van der Waals surface area contributed by atoms with Crippen molar-refractivity contribution < 1.29 is 4.39 Å². The molecule has 17 heavy (non-hydrogen) atoms. The Hall–Kier alpha value is -1.00. The van der Waals surface area contributed by atoms with Crippen LogP contribution < -0.4 is 5.32 Å². The SMILES string of the molecule is CCC1(C)CN(Cc2cncc(F)c2)CCN1. The summed E-state index contributed by atoms with van der Waals surface area (Å²) in [5.41, 5.74) is 1.13. The van der Waals surface area contributed by atoms with Crippen LogP contribution in [-0.2, 0) is 6.54 Å². The number of nitrogens with zero attached hydrogens (tertiary/aromatic N) is 2. The molecule has 0 aromatic carbocycles. The van der Waals surface area contributed by atoms with E-state index in [0.717, 1.165) is 38.2 Å². The summed E-state index contributed by atoms with van der Waals surface area (Å²) < 4.78 is 13.0. The lowest BCUT2D eigenvalue weighted by Gasteiger charge is -2.41. The highest BCUT2D eigenvalue weighted by Gasteiger charge is 2.28. The van der Waals surface area contributed by atoms with Crippen LogP contribution >= 0.6 is 0 Å². The van der Waals surface area contributed by atoms with Gasteiger partial charge in [0.25, 0.3) is 0 Å². The normalized spacial score (nSPS) is 26.1. The van der Waals surface area contributed by atoms with Crippen LogP contribution in [0.5, 0.6) is 0 Å². The summed E-state index contributed by atoms with van der Waals surface area (Å²) in [6.45, 7) is 8.21. The summed E-state index contributed by atoms with van der Waals surface area (Å²) >= 11 is 0. The average Bonchev–Trinajstić information content (AvgIpc) is 2.29. The lowest BCUT2D eigenvalue weighted by molar-refractivity contribution is 0.133. The van der Waals surface area contributed by atoms with Gasteiger partial charge in [0.1, 0.15) is 5.82 Å². The molecule has 3 nitrogen and oxygen atoms in total. The zero-order valence-electron chi connectivity index (χ0n) is 10.5. The molecule has 2 rings (SSSR count). The Morgan fingerprint density at radius 2 is 2.35 bits per heavy atom. The van der Waals surface area contributed by atoms with Crippen LogP contribution in [0.1, 0.15) is 25.8 Å². The van der Waals surface area contributed by atoms with Crippen molar-refractivity contribution in [2.24, 2.45) is 0 Å². The third-order valence-corrected chi connectivity index (χ3v) is 3.50. The minimum atomic E-state index is -0.254. The van der Waals surface area contributed by atoms with Crippen molar-refractivity contribution in [1.82, 2.24) is 15.2 Å². The standard InChI is InChI=1S/C13H20FN3/c1-3-13(2)10-17(5-4-16-13)9-11-6-12(14)8-15-7-11/h6-8,16H,3-5,9-10H2,1-2H3. The molecule has 4 heteroatoms. The molecule has 0 radical (unpaired) electrons. The molecule has 1 N–H and O–H groups in total. The van der Waals surface area contributed by atoms with Gasteiger partial charge in [-0.05, 0) is 25.0 Å². The molecule has 1 fully saturated rings. The van der Waals surface area contributed by atoms with Gasteiger partial charge >= 0.3 is 0 Å². The van der Waals surface area contributed by atoms with Crippen molar-refractivity contribution in [2.75, 3.05) is 19.6 Å². The van der Waals surface area contributed by atoms with Gasteiger partial charge in [-0.2, -0.15) is 0 Å². The molecule has 1 unspecified atom stereocenters. The van der Waals surface area contributed by atoms with E-state index < -0.39 is 0 Å². The molecule has 1 aliphatic rings. The van der Waals surface area contributed by atoms with Crippen LogP contribution in [0.3, 0.4) is 0 Å². The number of halogens is 1. The van der Waals surface area contributed by atoms with Crippen LogP contribution in [0.15, 0.2) is 18.5 Å². The third-order valence-electron chi connectivity index (χ3n) is 3.50. The molecule has 0 aliphatic carbocycles. The van der Waals surface area contributed by atoms with E-state index in [4.69, 9.17) is 0 Å². The fourth-order valence-corrected chi connectivity index (χ4v) is 2.32. The van der Waals surface area contributed by atoms with Crippen molar-refractivity contribution in [3.8, 4) is 0 Å². The van der Waals surface area contributed by atoms with E-state index in [1.807, 2.05) is 0 Å². The molecule has 0 saturated carbocycles. The minimum Gasteiger partial charge on any atom is -0.309 e. The Bertz CT molecular complexity index is 383. The number of rotatable bonds is 3. The van der Waals surface area contributed by atoms with Gasteiger partial charge < -0.3 is 5.32 Å². The predicted molar refractivity (Wildman–Crippen MR) is 66.2 cm³/mol. The zero-order valence-corrected chi connectivity index (χ0v) is 10.5. The maximum absolute atomic E-state index is 13.0. The number of aromatic nitrogens is 1. The van der Waals surface area contributed by atoms with E-state index in [2.05, 4.69) is 29.0 Å². The molecular weight excluding hydrogens is 217 g/mol. The van der Waals surface area contributed by atoms with Gasteiger partial charge in [0.15, 0.2) is 0 Å². The maximum Gasteiger partial charge on any atom is 0.141 e. The van der Waals surface area contributed by atoms with Crippen molar-refractivity contribution in [3.63, 3.8) is 0 Å². The highest BCUT2D eigenvalue weighted by Crippen LogP contribution is 2.17. The molecule has 0 spiro atoms. The molecule has 1 aliphatic heterocycles. The van der Waals surface area contributed by atoms with Crippen molar-refractivity contribution >= 4 is 0 Å². The fourth-order valence-electron chi connectivity index (χ4n) is 2.32. The smallest absolute Gasteiger partial charge is 0.141 e. The fraction of sp³-hybridized carbons (Fsp3) is 0.615. The average molecular weight is 237 g/mol. The van der Waals surface area contributed by atoms with E-state index in [-0.39, 0.29) is 11.4 Å². The Morgan fingerprint density at radius 1 is 1.53 bits per heavy atom. The van der Waals surface area contributed by atoms with Crippen LogP contribution in [0.25, 0.3) is 0 Å². The highest BCUT2D eigenvalue weighted by molar-refractivity contribution is 5.10. The topological polar surface area (TPSA) is 28.2 Å². The third kappa shape index (κ3) is 3.23. The van der Waals surface area contributed by atoms with Crippen molar-refractivity contribution in [1.29, 1.82) is 0 Å². The van der Waals surface area contributed by atoms with E-state index in [0.29, 0.717) is 0 Å². The van der Waals surface area contributed by atoms with Gasteiger partial charge in [-0.3, -0.25) is 9.88 Å². The van der Waals surface area contributed by atoms with Gasteiger partial charge in [0, 0.05) is 37.9 Å². The van der Waals surface area contributed by atoms with Crippen molar-refractivity contribution in [2.45, 2.75) is 32.4 Å². The number of pyridine rings is 1. The Kier molecular flexibility index (Phi) is 3.74. The quantitative estimate of drug-likeness (QED) is 0.869. The number of hydrogen-bond acceptors (Lipinski definition) is 3. The molecule has 0 amide bonds. The first kappa shape index (κ1) is 12.5. The molecule has 0 bridgehead atoms. The first-order valence-corrected chi connectivity index (χ1v) is 6.18. The van der Waals surface area contributed by atoms with Gasteiger partial charge in [0.2, 0.25) is 0 Å². The summed E-state index contributed by atoms with van der Waals surface area (Å²) in [7, 11) is 0. The molecule has 94 valence electrons. The second-order valence-corrected chi connectivity index (χ2v) is 5.06. The van der Waals surface area contributed by atoms with Crippen molar-refractivity contribution in [3.05, 3.63) is 29.8 Å². The molecule has 2 heterocycles. The summed E-state index contributed by atoms with van der Waals surface area (Å²) in [5, 5.41) is 3.54. The van der Waals surface area contributed by atoms with E-state index in [9.17, 15) is 4.39 Å². The van der Waals surface area contributed by atoms with Crippen LogP contribution in [0, 0.1) is 5.82 Å². The Balaban J connectivity index is 1.99. The molecule has 1 aromatic heterocycles. The molecular formula is C13H20FN3. The van der Waals surface area contributed by atoms with Crippen LogP contribution in [0.2, 0.25) is 0 Å². The Labute approximate surface area is 102 Å². The van der Waals surface area contributed by atoms with Gasteiger partial charge in [-0.25, -0.2) is 4.39 Å². The maximum atomic E-state index is 13.0. The molecule has 1 aromatic rings. The lowest BCUT2D eigenvalue weighted by Crippen LogP contribution is -2.58.